The number of ether oxygens (including phenoxy) is 1. The summed E-state index contributed by atoms with van der Waals surface area (Å²) in [4.78, 5) is 4.44. The standard InChI is InChI=1S/C14H14BrN3O/c15-8-6-17-10-3-2-9(16)13-11(10)12(8)18-7-14(19-13)4-1-5-14/h2-3,6,18H,1,4-5,7,16H2. The third-order valence-corrected chi connectivity index (χ3v) is 4.74. The number of nitrogen functional groups attached to an aromatic ring is 1. The monoisotopic (exact) mass is 319 g/mol. The van der Waals surface area contributed by atoms with Crippen LogP contribution in [0.15, 0.2) is 22.8 Å². The number of nitrogens with zero attached hydrogens (tertiary/aromatic N) is 1. The van der Waals surface area contributed by atoms with Gasteiger partial charge in [-0.2, -0.15) is 0 Å². The molecule has 0 radical (unpaired) electrons. The molecule has 1 fully saturated rings. The quantitative estimate of drug-likeness (QED) is 0.731. The molecule has 4 nitrogen and oxygen atoms in total. The van der Waals surface area contributed by atoms with Crippen molar-refractivity contribution in [2.24, 2.45) is 0 Å². The molecule has 1 aromatic heterocycles. The predicted molar refractivity (Wildman–Crippen MR) is 79.6 cm³/mol. The number of halogens is 1. The van der Waals surface area contributed by atoms with Gasteiger partial charge in [0.2, 0.25) is 0 Å². The van der Waals surface area contributed by atoms with Crippen LogP contribution in [0.5, 0.6) is 5.75 Å². The van der Waals surface area contributed by atoms with Gasteiger partial charge in [0, 0.05) is 6.20 Å². The average Bonchev–Trinajstić information content (AvgIpc) is 2.55. The molecular weight excluding hydrogens is 306 g/mol. The number of nitrogens with one attached hydrogen (secondary N) is 1. The Morgan fingerprint density at radius 2 is 2.21 bits per heavy atom. The first-order valence-electron chi connectivity index (χ1n) is 6.48. The summed E-state index contributed by atoms with van der Waals surface area (Å²) < 4.78 is 7.24. The molecule has 0 bridgehead atoms. The first-order valence-corrected chi connectivity index (χ1v) is 7.27. The van der Waals surface area contributed by atoms with Crippen molar-refractivity contribution in [3.63, 3.8) is 0 Å². The second-order valence-electron chi connectivity index (χ2n) is 5.35. The summed E-state index contributed by atoms with van der Waals surface area (Å²) >= 11 is 3.56. The summed E-state index contributed by atoms with van der Waals surface area (Å²) in [7, 11) is 0. The number of nitrogens with two attached hydrogens (primary N) is 1. The van der Waals surface area contributed by atoms with Crippen LogP contribution < -0.4 is 15.8 Å². The Labute approximate surface area is 119 Å². The Balaban J connectivity index is 2.02. The van der Waals surface area contributed by atoms with Crippen LogP contribution in [0, 0.1) is 0 Å². The average molecular weight is 320 g/mol. The van der Waals surface area contributed by atoms with Gasteiger partial charge < -0.3 is 15.8 Å². The molecular formula is C14H14BrN3O. The lowest BCUT2D eigenvalue weighted by Gasteiger charge is -2.41. The molecule has 98 valence electrons. The van der Waals surface area contributed by atoms with E-state index in [1.165, 1.54) is 6.42 Å². The number of pyridine rings is 1. The molecule has 1 spiro atoms. The molecule has 2 aliphatic rings. The Morgan fingerprint density at radius 3 is 2.95 bits per heavy atom. The van der Waals surface area contributed by atoms with Crippen LogP contribution in [0.1, 0.15) is 19.3 Å². The summed E-state index contributed by atoms with van der Waals surface area (Å²) in [6, 6.07) is 3.81. The van der Waals surface area contributed by atoms with Crippen molar-refractivity contribution >= 4 is 38.2 Å². The van der Waals surface area contributed by atoms with Gasteiger partial charge in [-0.15, -0.1) is 0 Å². The van der Waals surface area contributed by atoms with E-state index in [4.69, 9.17) is 10.5 Å². The maximum atomic E-state index is 6.29. The Kier molecular flexibility index (Phi) is 2.24. The van der Waals surface area contributed by atoms with Crippen LogP contribution in [-0.2, 0) is 0 Å². The molecule has 4 rings (SSSR count). The molecule has 0 unspecified atom stereocenters. The van der Waals surface area contributed by atoms with Crippen LogP contribution in [0.3, 0.4) is 0 Å². The zero-order valence-corrected chi connectivity index (χ0v) is 12.0. The van der Waals surface area contributed by atoms with Gasteiger partial charge in [-0.1, -0.05) is 0 Å². The van der Waals surface area contributed by atoms with Gasteiger partial charge in [-0.3, -0.25) is 4.98 Å². The summed E-state index contributed by atoms with van der Waals surface area (Å²) in [6.45, 7) is 0.818. The van der Waals surface area contributed by atoms with Crippen LogP contribution in [-0.4, -0.2) is 17.1 Å². The molecule has 5 heteroatoms. The van der Waals surface area contributed by atoms with E-state index in [-0.39, 0.29) is 5.60 Å². The highest BCUT2D eigenvalue weighted by atomic mass is 79.9. The molecule has 0 saturated heterocycles. The summed E-state index contributed by atoms with van der Waals surface area (Å²) in [6.07, 6.45) is 5.19. The number of aromatic nitrogens is 1. The smallest absolute Gasteiger partial charge is 0.154 e. The van der Waals surface area contributed by atoms with E-state index in [1.54, 1.807) is 0 Å². The fourth-order valence-corrected chi connectivity index (χ4v) is 3.32. The third-order valence-electron chi connectivity index (χ3n) is 4.14. The molecule has 0 amide bonds. The van der Waals surface area contributed by atoms with Crippen molar-refractivity contribution in [2.45, 2.75) is 24.9 Å². The van der Waals surface area contributed by atoms with Crippen molar-refractivity contribution in [1.29, 1.82) is 0 Å². The van der Waals surface area contributed by atoms with Crippen LogP contribution >= 0.6 is 15.9 Å². The van der Waals surface area contributed by atoms with E-state index in [0.717, 1.165) is 46.2 Å². The molecule has 2 heterocycles. The highest BCUT2D eigenvalue weighted by Crippen LogP contribution is 2.47. The molecule has 1 aromatic carbocycles. The van der Waals surface area contributed by atoms with E-state index in [2.05, 4.69) is 26.2 Å². The van der Waals surface area contributed by atoms with Crippen molar-refractivity contribution in [2.75, 3.05) is 17.6 Å². The Morgan fingerprint density at radius 1 is 1.37 bits per heavy atom. The van der Waals surface area contributed by atoms with Gasteiger partial charge in [-0.25, -0.2) is 0 Å². The Hall–Kier alpha value is -1.49. The maximum absolute atomic E-state index is 6.29. The third kappa shape index (κ3) is 1.54. The molecule has 19 heavy (non-hydrogen) atoms. The second kappa shape index (κ2) is 3.76. The van der Waals surface area contributed by atoms with Crippen LogP contribution in [0.25, 0.3) is 10.9 Å². The van der Waals surface area contributed by atoms with Gasteiger partial charge >= 0.3 is 0 Å². The largest absolute Gasteiger partial charge is 0.482 e. The van der Waals surface area contributed by atoms with Crippen molar-refractivity contribution in [1.82, 2.24) is 4.98 Å². The fourth-order valence-electron chi connectivity index (χ4n) is 2.88. The van der Waals surface area contributed by atoms with E-state index in [9.17, 15) is 0 Å². The van der Waals surface area contributed by atoms with Gasteiger partial charge in [0.1, 0.15) is 5.60 Å². The van der Waals surface area contributed by atoms with E-state index in [0.29, 0.717) is 5.69 Å². The first kappa shape index (κ1) is 11.3. The van der Waals surface area contributed by atoms with Crippen molar-refractivity contribution in [3.05, 3.63) is 22.8 Å². The van der Waals surface area contributed by atoms with Gasteiger partial charge in [-0.05, 0) is 47.3 Å². The van der Waals surface area contributed by atoms with Crippen molar-refractivity contribution in [3.8, 4) is 5.75 Å². The summed E-state index contributed by atoms with van der Waals surface area (Å²) in [5.41, 5.74) is 8.66. The number of anilines is 2. The minimum atomic E-state index is -0.0964. The topological polar surface area (TPSA) is 60.2 Å². The number of hydrogen-bond acceptors (Lipinski definition) is 4. The lowest BCUT2D eigenvalue weighted by atomic mass is 9.80. The second-order valence-corrected chi connectivity index (χ2v) is 6.21. The van der Waals surface area contributed by atoms with Crippen LogP contribution in [0.2, 0.25) is 0 Å². The molecule has 2 aromatic rings. The molecule has 1 aliphatic heterocycles. The normalized spacial score (nSPS) is 19.4. The van der Waals surface area contributed by atoms with Gasteiger partial charge in [0.05, 0.1) is 33.3 Å². The fraction of sp³-hybridized carbons (Fsp3) is 0.357. The lowest BCUT2D eigenvalue weighted by molar-refractivity contribution is 0.00890. The molecule has 3 N–H and O–H groups in total. The number of rotatable bonds is 0. The highest BCUT2D eigenvalue weighted by molar-refractivity contribution is 9.10. The zero-order chi connectivity index (χ0) is 13.0. The summed E-state index contributed by atoms with van der Waals surface area (Å²) in [5, 5.41) is 4.49. The highest BCUT2D eigenvalue weighted by Gasteiger charge is 2.42. The first-order chi connectivity index (χ1) is 9.19. The van der Waals surface area contributed by atoms with Crippen LogP contribution in [0.4, 0.5) is 11.4 Å². The molecule has 0 atom stereocenters. The van der Waals surface area contributed by atoms with E-state index in [1.807, 2.05) is 18.3 Å². The van der Waals surface area contributed by atoms with E-state index < -0.39 is 0 Å². The maximum Gasteiger partial charge on any atom is 0.154 e. The minimum Gasteiger partial charge on any atom is -0.482 e. The van der Waals surface area contributed by atoms with E-state index >= 15 is 0 Å². The Bertz CT molecular complexity index is 677. The minimum absolute atomic E-state index is 0.0964. The van der Waals surface area contributed by atoms with Gasteiger partial charge in [0.25, 0.3) is 0 Å². The number of hydrogen-bond donors (Lipinski definition) is 2. The lowest BCUT2D eigenvalue weighted by Crippen LogP contribution is -2.48. The number of benzene rings is 1. The van der Waals surface area contributed by atoms with Gasteiger partial charge in [0.15, 0.2) is 5.75 Å². The summed E-state index contributed by atoms with van der Waals surface area (Å²) in [5.74, 6) is 0.783. The SMILES string of the molecule is Nc1ccc2ncc(Br)c3c2c1OC1(CCC1)CN3. The molecule has 1 saturated carbocycles. The van der Waals surface area contributed by atoms with Crippen molar-refractivity contribution < 1.29 is 4.74 Å². The molecule has 1 aliphatic carbocycles. The zero-order valence-electron chi connectivity index (χ0n) is 10.4. The predicted octanol–water partition coefficient (Wildman–Crippen LogP) is 3.31.